The Hall–Kier alpha value is -2.17. The lowest BCUT2D eigenvalue weighted by Crippen LogP contribution is -2.26. The lowest BCUT2D eigenvalue weighted by Gasteiger charge is -2.08. The number of aromatic nitrogens is 3. The van der Waals surface area contributed by atoms with Gasteiger partial charge in [-0.2, -0.15) is 0 Å². The molecule has 0 aliphatic carbocycles. The number of rotatable bonds is 7. The highest BCUT2D eigenvalue weighted by Crippen LogP contribution is 2.13. The van der Waals surface area contributed by atoms with E-state index in [1.165, 1.54) is 0 Å². The summed E-state index contributed by atoms with van der Waals surface area (Å²) in [6.45, 7) is 3.39. The number of amides is 1. The number of nitrogens with one attached hydrogen (secondary N) is 1. The summed E-state index contributed by atoms with van der Waals surface area (Å²) in [4.78, 5) is 20.2. The molecular formula is C15H20N4O. The molecule has 0 radical (unpaired) electrons. The standard InChI is InChI=1S/C15H20N4O/c1-2-3-7-14(20)17-9-11-19-12-10-18-15(19)13-6-4-5-8-16-13/h4-6,8,10,12H,2-3,7,9,11H2,1H3,(H,17,20). The molecule has 2 heterocycles. The molecule has 106 valence electrons. The Labute approximate surface area is 119 Å². The molecule has 2 aromatic heterocycles. The predicted octanol–water partition coefficient (Wildman–Crippen LogP) is 2.25. The van der Waals surface area contributed by atoms with Gasteiger partial charge in [-0.1, -0.05) is 19.4 Å². The molecule has 5 heteroatoms. The second kappa shape index (κ2) is 7.43. The first-order valence-electron chi connectivity index (χ1n) is 7.00. The van der Waals surface area contributed by atoms with Crippen LogP contribution in [0.2, 0.25) is 0 Å². The average molecular weight is 272 g/mol. The minimum Gasteiger partial charge on any atom is -0.354 e. The van der Waals surface area contributed by atoms with E-state index in [2.05, 4.69) is 22.2 Å². The van der Waals surface area contributed by atoms with Crippen LogP contribution in [0.25, 0.3) is 11.5 Å². The van der Waals surface area contributed by atoms with Gasteiger partial charge in [0.15, 0.2) is 5.82 Å². The third-order valence-electron chi connectivity index (χ3n) is 3.04. The van der Waals surface area contributed by atoms with Crippen molar-refractivity contribution >= 4 is 5.91 Å². The van der Waals surface area contributed by atoms with E-state index in [-0.39, 0.29) is 5.91 Å². The third kappa shape index (κ3) is 3.91. The minimum absolute atomic E-state index is 0.117. The molecule has 0 unspecified atom stereocenters. The number of hydrogen-bond donors (Lipinski definition) is 1. The maximum absolute atomic E-state index is 11.5. The van der Waals surface area contributed by atoms with E-state index < -0.39 is 0 Å². The van der Waals surface area contributed by atoms with Gasteiger partial charge in [-0.3, -0.25) is 9.78 Å². The lowest BCUT2D eigenvalue weighted by molar-refractivity contribution is -0.121. The third-order valence-corrected chi connectivity index (χ3v) is 3.04. The summed E-state index contributed by atoms with van der Waals surface area (Å²) in [6, 6.07) is 5.75. The summed E-state index contributed by atoms with van der Waals surface area (Å²) in [7, 11) is 0. The van der Waals surface area contributed by atoms with E-state index in [0.29, 0.717) is 19.5 Å². The highest BCUT2D eigenvalue weighted by molar-refractivity contribution is 5.75. The molecule has 2 aromatic rings. The quantitative estimate of drug-likeness (QED) is 0.841. The summed E-state index contributed by atoms with van der Waals surface area (Å²) in [6.07, 6.45) is 7.99. The molecule has 1 amide bonds. The van der Waals surface area contributed by atoms with Crippen molar-refractivity contribution in [2.75, 3.05) is 6.54 Å². The van der Waals surface area contributed by atoms with Crippen LogP contribution in [0, 0.1) is 0 Å². The van der Waals surface area contributed by atoms with Crippen molar-refractivity contribution in [1.82, 2.24) is 19.9 Å². The van der Waals surface area contributed by atoms with E-state index in [4.69, 9.17) is 0 Å². The van der Waals surface area contributed by atoms with Crippen LogP contribution in [0.4, 0.5) is 0 Å². The summed E-state index contributed by atoms with van der Waals surface area (Å²) >= 11 is 0. The van der Waals surface area contributed by atoms with Crippen molar-refractivity contribution < 1.29 is 4.79 Å². The van der Waals surface area contributed by atoms with Crippen molar-refractivity contribution in [1.29, 1.82) is 0 Å². The van der Waals surface area contributed by atoms with Gasteiger partial charge in [0.2, 0.25) is 5.91 Å². The molecule has 0 saturated heterocycles. The number of carbonyl (C=O) groups excluding carboxylic acids is 1. The Balaban J connectivity index is 1.89. The van der Waals surface area contributed by atoms with Gasteiger partial charge < -0.3 is 9.88 Å². The fourth-order valence-electron chi connectivity index (χ4n) is 1.96. The summed E-state index contributed by atoms with van der Waals surface area (Å²) in [5.41, 5.74) is 0.842. The molecule has 0 atom stereocenters. The van der Waals surface area contributed by atoms with E-state index in [1.54, 1.807) is 12.4 Å². The van der Waals surface area contributed by atoms with Crippen molar-refractivity contribution in [3.8, 4) is 11.5 Å². The molecule has 2 rings (SSSR count). The van der Waals surface area contributed by atoms with Gasteiger partial charge >= 0.3 is 0 Å². The molecule has 20 heavy (non-hydrogen) atoms. The van der Waals surface area contributed by atoms with Crippen LogP contribution in [0.3, 0.4) is 0 Å². The lowest BCUT2D eigenvalue weighted by atomic mass is 10.2. The molecule has 1 N–H and O–H groups in total. The molecule has 0 aromatic carbocycles. The van der Waals surface area contributed by atoms with Crippen LogP contribution in [-0.4, -0.2) is 27.0 Å². The smallest absolute Gasteiger partial charge is 0.220 e. The maximum Gasteiger partial charge on any atom is 0.220 e. The number of pyridine rings is 1. The van der Waals surface area contributed by atoms with Gasteiger partial charge in [0.05, 0.1) is 0 Å². The first-order chi connectivity index (χ1) is 9.81. The SMILES string of the molecule is CCCCC(=O)NCCn1ccnc1-c1ccccn1. The molecule has 0 saturated carbocycles. The summed E-state index contributed by atoms with van der Waals surface area (Å²) < 4.78 is 2.00. The van der Waals surface area contributed by atoms with Crippen LogP contribution in [0.5, 0.6) is 0 Å². The summed E-state index contributed by atoms with van der Waals surface area (Å²) in [5, 5.41) is 2.93. The number of nitrogens with zero attached hydrogens (tertiary/aromatic N) is 3. The zero-order chi connectivity index (χ0) is 14.2. The Kier molecular flexibility index (Phi) is 5.29. The van der Waals surface area contributed by atoms with E-state index in [9.17, 15) is 4.79 Å². The Morgan fingerprint density at radius 3 is 2.95 bits per heavy atom. The zero-order valence-corrected chi connectivity index (χ0v) is 11.7. The Morgan fingerprint density at radius 2 is 2.20 bits per heavy atom. The van der Waals surface area contributed by atoms with Crippen molar-refractivity contribution in [2.45, 2.75) is 32.7 Å². The van der Waals surface area contributed by atoms with Gasteiger partial charge in [-0.25, -0.2) is 4.98 Å². The normalized spacial score (nSPS) is 10.4. The van der Waals surface area contributed by atoms with Crippen LogP contribution in [0.15, 0.2) is 36.8 Å². The highest BCUT2D eigenvalue weighted by atomic mass is 16.1. The van der Waals surface area contributed by atoms with Gasteiger partial charge in [0.1, 0.15) is 5.69 Å². The largest absolute Gasteiger partial charge is 0.354 e. The Morgan fingerprint density at radius 1 is 1.30 bits per heavy atom. The van der Waals surface area contributed by atoms with Gasteiger partial charge in [0.25, 0.3) is 0 Å². The van der Waals surface area contributed by atoms with Gasteiger partial charge in [-0.15, -0.1) is 0 Å². The fourth-order valence-corrected chi connectivity index (χ4v) is 1.96. The number of carbonyl (C=O) groups is 1. The van der Waals surface area contributed by atoms with Crippen LogP contribution >= 0.6 is 0 Å². The topological polar surface area (TPSA) is 59.8 Å². The van der Waals surface area contributed by atoms with Gasteiger partial charge in [0, 0.05) is 38.1 Å². The van der Waals surface area contributed by atoms with Crippen molar-refractivity contribution in [3.63, 3.8) is 0 Å². The minimum atomic E-state index is 0.117. The monoisotopic (exact) mass is 272 g/mol. The van der Waals surface area contributed by atoms with Crippen LogP contribution in [-0.2, 0) is 11.3 Å². The highest BCUT2D eigenvalue weighted by Gasteiger charge is 2.06. The van der Waals surface area contributed by atoms with E-state index in [0.717, 1.165) is 24.4 Å². The van der Waals surface area contributed by atoms with Crippen molar-refractivity contribution in [3.05, 3.63) is 36.8 Å². The predicted molar refractivity (Wildman–Crippen MR) is 78.0 cm³/mol. The molecular weight excluding hydrogens is 252 g/mol. The number of unbranched alkanes of at least 4 members (excludes halogenated alkanes) is 1. The molecule has 0 spiro atoms. The van der Waals surface area contributed by atoms with Crippen LogP contribution in [0.1, 0.15) is 26.2 Å². The first kappa shape index (κ1) is 14.2. The number of imidazole rings is 1. The summed E-state index contributed by atoms with van der Waals surface area (Å²) in [5.74, 6) is 0.944. The second-order valence-corrected chi connectivity index (χ2v) is 4.61. The fraction of sp³-hybridized carbons (Fsp3) is 0.400. The van der Waals surface area contributed by atoms with E-state index in [1.807, 2.05) is 29.0 Å². The average Bonchev–Trinajstić information content (AvgIpc) is 2.94. The molecule has 0 aliphatic rings. The zero-order valence-electron chi connectivity index (χ0n) is 11.7. The van der Waals surface area contributed by atoms with Crippen molar-refractivity contribution in [2.24, 2.45) is 0 Å². The van der Waals surface area contributed by atoms with Gasteiger partial charge in [-0.05, 0) is 18.6 Å². The second-order valence-electron chi connectivity index (χ2n) is 4.61. The van der Waals surface area contributed by atoms with E-state index >= 15 is 0 Å². The molecule has 5 nitrogen and oxygen atoms in total. The Bertz CT molecular complexity index is 536. The molecule has 0 fully saturated rings. The van der Waals surface area contributed by atoms with Crippen LogP contribution < -0.4 is 5.32 Å². The first-order valence-corrected chi connectivity index (χ1v) is 7.00. The maximum atomic E-state index is 11.5. The molecule has 0 bridgehead atoms. The molecule has 0 aliphatic heterocycles. The number of hydrogen-bond acceptors (Lipinski definition) is 3.